The van der Waals surface area contributed by atoms with Crippen molar-refractivity contribution in [2.24, 2.45) is 5.73 Å². The number of aromatic nitrogens is 1. The van der Waals surface area contributed by atoms with Crippen LogP contribution in [0, 0.1) is 0 Å². The molecule has 94 valence electrons. The van der Waals surface area contributed by atoms with Crippen molar-refractivity contribution in [1.29, 1.82) is 0 Å². The highest BCUT2D eigenvalue weighted by atomic mass is 16.1. The third kappa shape index (κ3) is 1.88. The topological polar surface area (TPSA) is 70.9 Å². The van der Waals surface area contributed by atoms with E-state index in [1.807, 2.05) is 24.3 Å². The van der Waals surface area contributed by atoms with Gasteiger partial charge in [0, 0.05) is 29.2 Å². The van der Waals surface area contributed by atoms with E-state index in [1.165, 1.54) is 0 Å². The van der Waals surface area contributed by atoms with Gasteiger partial charge in [-0.2, -0.15) is 0 Å². The molecule has 0 bridgehead atoms. The summed E-state index contributed by atoms with van der Waals surface area (Å²) in [5.74, 6) is -0.0326. The van der Waals surface area contributed by atoms with Crippen molar-refractivity contribution in [2.45, 2.75) is 31.3 Å². The number of carbonyl (C=O) groups excluding carboxylic acids is 1. The smallest absolute Gasteiger partial charge is 0.253 e. The number of benzene rings is 1. The first-order valence-corrected chi connectivity index (χ1v) is 6.38. The minimum absolute atomic E-state index is 0.0326. The normalized spacial score (nSPS) is 23.4. The summed E-state index contributed by atoms with van der Waals surface area (Å²) in [5.41, 5.74) is 7.65. The summed E-state index contributed by atoms with van der Waals surface area (Å²) < 4.78 is 0. The molecule has 1 aliphatic carbocycles. The maximum Gasteiger partial charge on any atom is 0.253 e. The van der Waals surface area contributed by atoms with Crippen LogP contribution in [-0.4, -0.2) is 23.0 Å². The van der Waals surface area contributed by atoms with Gasteiger partial charge in [0.25, 0.3) is 5.91 Å². The van der Waals surface area contributed by atoms with Crippen LogP contribution in [0.1, 0.15) is 29.6 Å². The van der Waals surface area contributed by atoms with Crippen LogP contribution in [-0.2, 0) is 0 Å². The van der Waals surface area contributed by atoms with E-state index in [1.54, 1.807) is 6.20 Å². The molecule has 3 rings (SSSR count). The number of amides is 1. The summed E-state index contributed by atoms with van der Waals surface area (Å²) in [6, 6.07) is 8.02. The lowest BCUT2D eigenvalue weighted by atomic mass is 10.1. The van der Waals surface area contributed by atoms with Gasteiger partial charge in [0.2, 0.25) is 0 Å². The summed E-state index contributed by atoms with van der Waals surface area (Å²) in [4.78, 5) is 15.3. The summed E-state index contributed by atoms with van der Waals surface area (Å²) in [6.07, 6.45) is 4.84. The highest BCUT2D eigenvalue weighted by molar-refractivity contribution is 6.06. The molecule has 1 saturated carbocycles. The number of carbonyl (C=O) groups is 1. The second kappa shape index (κ2) is 4.46. The lowest BCUT2D eigenvalue weighted by Gasteiger charge is -2.16. The van der Waals surface area contributed by atoms with Crippen LogP contribution in [0.5, 0.6) is 0 Å². The minimum atomic E-state index is -0.0326. The van der Waals surface area contributed by atoms with E-state index in [-0.39, 0.29) is 18.0 Å². The molecule has 18 heavy (non-hydrogen) atoms. The maximum absolute atomic E-state index is 12.2. The molecule has 2 atom stereocenters. The molecule has 2 aromatic rings. The molecule has 4 heteroatoms. The maximum atomic E-state index is 12.2. The third-order valence-corrected chi connectivity index (χ3v) is 3.72. The average Bonchev–Trinajstić information content (AvgIpc) is 2.96. The Kier molecular flexibility index (Phi) is 2.80. The Morgan fingerprint density at radius 2 is 2.17 bits per heavy atom. The van der Waals surface area contributed by atoms with Crippen LogP contribution in [0.2, 0.25) is 0 Å². The Morgan fingerprint density at radius 3 is 2.94 bits per heavy atom. The largest absolute Gasteiger partial charge is 0.360 e. The molecule has 2 unspecified atom stereocenters. The molecule has 0 aliphatic heterocycles. The van der Waals surface area contributed by atoms with Crippen molar-refractivity contribution in [1.82, 2.24) is 10.3 Å². The Hall–Kier alpha value is -1.81. The lowest BCUT2D eigenvalue weighted by Crippen LogP contribution is -2.43. The molecule has 1 aromatic carbocycles. The fraction of sp³-hybridized carbons (Fsp3) is 0.357. The number of hydrogen-bond acceptors (Lipinski definition) is 2. The monoisotopic (exact) mass is 243 g/mol. The summed E-state index contributed by atoms with van der Waals surface area (Å²) >= 11 is 0. The fourth-order valence-electron chi connectivity index (χ4n) is 2.67. The molecule has 1 heterocycles. The fourth-order valence-corrected chi connectivity index (χ4v) is 2.67. The van der Waals surface area contributed by atoms with Crippen molar-refractivity contribution >= 4 is 16.8 Å². The lowest BCUT2D eigenvalue weighted by molar-refractivity contribution is 0.0936. The van der Waals surface area contributed by atoms with Crippen LogP contribution in [0.3, 0.4) is 0 Å². The van der Waals surface area contributed by atoms with Gasteiger partial charge in [-0.05, 0) is 25.3 Å². The first-order valence-electron chi connectivity index (χ1n) is 6.38. The van der Waals surface area contributed by atoms with Crippen molar-refractivity contribution in [3.8, 4) is 0 Å². The number of rotatable bonds is 2. The molecule has 0 radical (unpaired) electrons. The molecule has 4 nitrogen and oxygen atoms in total. The highest BCUT2D eigenvalue weighted by Gasteiger charge is 2.26. The van der Waals surface area contributed by atoms with E-state index in [4.69, 9.17) is 5.73 Å². The van der Waals surface area contributed by atoms with Crippen molar-refractivity contribution in [3.05, 3.63) is 36.0 Å². The van der Waals surface area contributed by atoms with Gasteiger partial charge >= 0.3 is 0 Å². The SMILES string of the molecule is NC1CCCC1NC(=O)c1c[nH]c2ccccc12. The van der Waals surface area contributed by atoms with Crippen LogP contribution in [0.4, 0.5) is 0 Å². The Balaban J connectivity index is 1.84. The van der Waals surface area contributed by atoms with E-state index in [0.717, 1.165) is 30.2 Å². The highest BCUT2D eigenvalue weighted by Crippen LogP contribution is 2.20. The van der Waals surface area contributed by atoms with Crippen molar-refractivity contribution in [2.75, 3.05) is 0 Å². The standard InChI is InChI=1S/C14H17N3O/c15-11-5-3-7-13(11)17-14(18)10-8-16-12-6-2-1-4-9(10)12/h1-2,4,6,8,11,13,16H,3,5,7,15H2,(H,17,18). The molecular formula is C14H17N3O. The molecule has 1 amide bonds. The van der Waals surface area contributed by atoms with Crippen LogP contribution >= 0.6 is 0 Å². The van der Waals surface area contributed by atoms with E-state index >= 15 is 0 Å². The number of para-hydroxylation sites is 1. The second-order valence-electron chi connectivity index (χ2n) is 4.92. The van der Waals surface area contributed by atoms with Gasteiger partial charge < -0.3 is 16.0 Å². The molecule has 0 saturated heterocycles. The zero-order valence-electron chi connectivity index (χ0n) is 10.1. The third-order valence-electron chi connectivity index (χ3n) is 3.72. The second-order valence-corrected chi connectivity index (χ2v) is 4.92. The quantitative estimate of drug-likeness (QED) is 0.752. The predicted octanol–water partition coefficient (Wildman–Crippen LogP) is 1.78. The van der Waals surface area contributed by atoms with Crippen molar-refractivity contribution < 1.29 is 4.79 Å². The van der Waals surface area contributed by atoms with Gasteiger partial charge in [0.1, 0.15) is 0 Å². The van der Waals surface area contributed by atoms with Gasteiger partial charge in [0.15, 0.2) is 0 Å². The molecule has 1 aliphatic rings. The number of H-pyrrole nitrogens is 1. The molecule has 0 spiro atoms. The predicted molar refractivity (Wildman–Crippen MR) is 71.4 cm³/mol. The van der Waals surface area contributed by atoms with Crippen LogP contribution < -0.4 is 11.1 Å². The van der Waals surface area contributed by atoms with Gasteiger partial charge in [0.05, 0.1) is 5.56 Å². The van der Waals surface area contributed by atoms with Crippen LogP contribution in [0.25, 0.3) is 10.9 Å². The van der Waals surface area contributed by atoms with Crippen molar-refractivity contribution in [3.63, 3.8) is 0 Å². The van der Waals surface area contributed by atoms with Crippen LogP contribution in [0.15, 0.2) is 30.5 Å². The molecule has 4 N–H and O–H groups in total. The number of nitrogens with two attached hydrogens (primary N) is 1. The molecular weight excluding hydrogens is 226 g/mol. The van der Waals surface area contributed by atoms with E-state index in [2.05, 4.69) is 10.3 Å². The van der Waals surface area contributed by atoms with Gasteiger partial charge in [-0.3, -0.25) is 4.79 Å². The number of hydrogen-bond donors (Lipinski definition) is 3. The van der Waals surface area contributed by atoms with E-state index in [9.17, 15) is 4.79 Å². The first kappa shape index (κ1) is 11.3. The zero-order valence-corrected chi connectivity index (χ0v) is 10.1. The summed E-state index contributed by atoms with van der Waals surface area (Å²) in [5, 5.41) is 4.00. The first-order chi connectivity index (χ1) is 8.75. The zero-order chi connectivity index (χ0) is 12.5. The molecule has 1 aromatic heterocycles. The van der Waals surface area contributed by atoms with E-state index in [0.29, 0.717) is 5.56 Å². The van der Waals surface area contributed by atoms with Gasteiger partial charge in [-0.1, -0.05) is 18.2 Å². The summed E-state index contributed by atoms with van der Waals surface area (Å²) in [7, 11) is 0. The van der Waals surface area contributed by atoms with Gasteiger partial charge in [-0.15, -0.1) is 0 Å². The van der Waals surface area contributed by atoms with E-state index < -0.39 is 0 Å². The number of nitrogens with one attached hydrogen (secondary N) is 2. The Morgan fingerprint density at radius 1 is 1.33 bits per heavy atom. The number of fused-ring (bicyclic) bond motifs is 1. The Bertz CT molecular complexity index is 575. The summed E-state index contributed by atoms with van der Waals surface area (Å²) in [6.45, 7) is 0. The number of aromatic amines is 1. The minimum Gasteiger partial charge on any atom is -0.360 e. The average molecular weight is 243 g/mol. The molecule has 1 fully saturated rings. The van der Waals surface area contributed by atoms with Gasteiger partial charge in [-0.25, -0.2) is 0 Å². The Labute approximate surface area is 106 Å².